The van der Waals surface area contributed by atoms with Crippen LogP contribution in [0.1, 0.15) is 46.9 Å². The molecule has 0 radical (unpaired) electrons. The minimum absolute atomic E-state index is 0.198. The highest BCUT2D eigenvalue weighted by atomic mass is 16.2. The molecule has 2 aromatic carbocycles. The summed E-state index contributed by atoms with van der Waals surface area (Å²) in [5.74, 6) is -0.339. The molecule has 1 aromatic heterocycles. The highest BCUT2D eigenvalue weighted by molar-refractivity contribution is 6.06. The highest BCUT2D eigenvalue weighted by Gasteiger charge is 2.24. The number of hydrogen-bond acceptors (Lipinski definition) is 2. The number of nitrogens with one attached hydrogen (secondary N) is 1. The van der Waals surface area contributed by atoms with E-state index in [1.165, 1.54) is 5.56 Å². The van der Waals surface area contributed by atoms with Gasteiger partial charge in [0.15, 0.2) is 0 Å². The molecule has 2 heterocycles. The second-order valence-corrected chi connectivity index (χ2v) is 7.06. The van der Waals surface area contributed by atoms with Gasteiger partial charge < -0.3 is 9.88 Å². The molecule has 132 valence electrons. The van der Waals surface area contributed by atoms with E-state index < -0.39 is 0 Å². The summed E-state index contributed by atoms with van der Waals surface area (Å²) in [4.78, 5) is 25.9. The highest BCUT2D eigenvalue weighted by Crippen LogP contribution is 2.31. The number of aryl methyl sites for hydroxylation is 2. The maximum absolute atomic E-state index is 13.0. The minimum atomic E-state index is -0.339. The van der Waals surface area contributed by atoms with Gasteiger partial charge in [-0.25, -0.2) is 0 Å². The molecule has 26 heavy (non-hydrogen) atoms. The number of aromatic nitrogens is 1. The molecule has 1 atom stereocenters. The van der Waals surface area contributed by atoms with Crippen molar-refractivity contribution >= 4 is 22.5 Å². The number of carbonyl (C=O) groups is 1. The summed E-state index contributed by atoms with van der Waals surface area (Å²) in [6.07, 6.45) is 3.43. The van der Waals surface area contributed by atoms with Crippen molar-refractivity contribution in [1.29, 1.82) is 0 Å². The SMILES string of the molecule is CCc1cccc(C)c1NC(=O)c1cn2c3c(cccc3c1=O)C[C@@H]2C. The lowest BCUT2D eigenvalue weighted by atomic mass is 10.0. The second kappa shape index (κ2) is 6.13. The summed E-state index contributed by atoms with van der Waals surface area (Å²) >= 11 is 0. The third kappa shape index (κ3) is 2.45. The molecule has 4 heteroatoms. The first kappa shape index (κ1) is 16.6. The number of nitrogens with zero attached hydrogens (tertiary/aromatic N) is 1. The van der Waals surface area contributed by atoms with Gasteiger partial charge in [-0.3, -0.25) is 9.59 Å². The molecule has 0 unspecified atom stereocenters. The Kier molecular flexibility index (Phi) is 3.91. The smallest absolute Gasteiger partial charge is 0.261 e. The van der Waals surface area contributed by atoms with Gasteiger partial charge in [0, 0.05) is 23.3 Å². The molecule has 0 fully saturated rings. The van der Waals surface area contributed by atoms with E-state index in [1.807, 2.05) is 37.3 Å². The van der Waals surface area contributed by atoms with Crippen molar-refractivity contribution in [3.05, 3.63) is 75.1 Å². The Morgan fingerprint density at radius 2 is 2.00 bits per heavy atom. The molecule has 4 rings (SSSR count). The van der Waals surface area contributed by atoms with Crippen molar-refractivity contribution < 1.29 is 4.79 Å². The lowest BCUT2D eigenvalue weighted by molar-refractivity contribution is 0.102. The molecular weight excluding hydrogens is 324 g/mol. The normalized spacial score (nSPS) is 15.4. The first-order valence-corrected chi connectivity index (χ1v) is 9.07. The van der Waals surface area contributed by atoms with Gasteiger partial charge in [0.2, 0.25) is 5.43 Å². The third-order valence-corrected chi connectivity index (χ3v) is 5.35. The van der Waals surface area contributed by atoms with Gasteiger partial charge in [-0.15, -0.1) is 0 Å². The molecule has 3 aromatic rings. The lowest BCUT2D eigenvalue weighted by Gasteiger charge is -2.15. The molecule has 0 saturated carbocycles. The van der Waals surface area contributed by atoms with E-state index in [-0.39, 0.29) is 22.9 Å². The van der Waals surface area contributed by atoms with Crippen molar-refractivity contribution in [1.82, 2.24) is 4.57 Å². The predicted octanol–water partition coefficient (Wildman–Crippen LogP) is 4.24. The molecule has 0 spiro atoms. The largest absolute Gasteiger partial charge is 0.343 e. The van der Waals surface area contributed by atoms with Crippen molar-refractivity contribution in [3.63, 3.8) is 0 Å². The Balaban J connectivity index is 1.83. The van der Waals surface area contributed by atoms with Crippen LogP contribution in [0.4, 0.5) is 5.69 Å². The number of amides is 1. The topological polar surface area (TPSA) is 51.1 Å². The zero-order valence-electron chi connectivity index (χ0n) is 15.3. The Morgan fingerprint density at radius 3 is 2.77 bits per heavy atom. The molecular formula is C22H22N2O2. The summed E-state index contributed by atoms with van der Waals surface area (Å²) in [5.41, 5.74) is 5.02. The summed E-state index contributed by atoms with van der Waals surface area (Å²) in [6.45, 7) is 6.14. The number of carbonyl (C=O) groups excluding carboxylic acids is 1. The van der Waals surface area contributed by atoms with Gasteiger partial charge in [0.05, 0.1) is 5.52 Å². The van der Waals surface area contributed by atoms with Crippen LogP contribution in [0.15, 0.2) is 47.4 Å². The van der Waals surface area contributed by atoms with Crippen LogP contribution in [-0.2, 0) is 12.8 Å². The van der Waals surface area contributed by atoms with Gasteiger partial charge in [0.1, 0.15) is 5.56 Å². The van der Waals surface area contributed by atoms with Crippen molar-refractivity contribution in [3.8, 4) is 0 Å². The summed E-state index contributed by atoms with van der Waals surface area (Å²) in [6, 6.07) is 12.0. The summed E-state index contributed by atoms with van der Waals surface area (Å²) in [7, 11) is 0. The van der Waals surface area contributed by atoms with Gasteiger partial charge >= 0.3 is 0 Å². The zero-order chi connectivity index (χ0) is 18.4. The van der Waals surface area contributed by atoms with E-state index in [0.717, 1.165) is 35.2 Å². The van der Waals surface area contributed by atoms with Crippen LogP contribution < -0.4 is 10.7 Å². The molecule has 1 aliphatic rings. The average molecular weight is 346 g/mol. The van der Waals surface area contributed by atoms with Crippen LogP contribution in [0.5, 0.6) is 0 Å². The zero-order valence-corrected chi connectivity index (χ0v) is 15.3. The Bertz CT molecular complexity index is 1100. The number of rotatable bonds is 3. The van der Waals surface area contributed by atoms with Gasteiger partial charge in [-0.1, -0.05) is 37.3 Å². The van der Waals surface area contributed by atoms with Crippen LogP contribution in [0.25, 0.3) is 10.9 Å². The fraction of sp³-hybridized carbons (Fsp3) is 0.273. The van der Waals surface area contributed by atoms with E-state index in [4.69, 9.17) is 0 Å². The average Bonchev–Trinajstić information content (AvgIpc) is 2.95. The van der Waals surface area contributed by atoms with E-state index in [0.29, 0.717) is 5.39 Å². The second-order valence-electron chi connectivity index (χ2n) is 7.06. The van der Waals surface area contributed by atoms with Gasteiger partial charge in [0.25, 0.3) is 5.91 Å². The maximum atomic E-state index is 13.0. The molecule has 1 N–H and O–H groups in total. The van der Waals surface area contributed by atoms with E-state index in [9.17, 15) is 9.59 Å². The van der Waals surface area contributed by atoms with Crippen LogP contribution in [0.3, 0.4) is 0 Å². The van der Waals surface area contributed by atoms with Crippen molar-refractivity contribution in [2.24, 2.45) is 0 Å². The molecule has 0 saturated heterocycles. The van der Waals surface area contributed by atoms with Crippen LogP contribution in [0.2, 0.25) is 0 Å². The molecule has 1 amide bonds. The lowest BCUT2D eigenvalue weighted by Crippen LogP contribution is -2.24. The third-order valence-electron chi connectivity index (χ3n) is 5.35. The Labute approximate surface area is 152 Å². The number of pyridine rings is 1. The first-order chi connectivity index (χ1) is 12.5. The molecule has 0 bridgehead atoms. The Hall–Kier alpha value is -2.88. The maximum Gasteiger partial charge on any atom is 0.261 e. The summed E-state index contributed by atoms with van der Waals surface area (Å²) < 4.78 is 2.07. The summed E-state index contributed by atoms with van der Waals surface area (Å²) in [5, 5.41) is 3.61. The molecule has 1 aliphatic heterocycles. The fourth-order valence-corrected chi connectivity index (χ4v) is 3.96. The number of anilines is 1. The van der Waals surface area contributed by atoms with Crippen LogP contribution in [-0.4, -0.2) is 10.5 Å². The minimum Gasteiger partial charge on any atom is -0.343 e. The first-order valence-electron chi connectivity index (χ1n) is 9.07. The standard InChI is InChI=1S/C22H22N2O2/c1-4-15-8-5-7-13(2)19(15)23-22(26)18-12-24-14(3)11-16-9-6-10-17(20(16)24)21(18)25/h5-10,12,14H,4,11H2,1-3H3,(H,23,26)/t14-/m0/s1. The quantitative estimate of drug-likeness (QED) is 0.771. The molecule has 4 nitrogen and oxygen atoms in total. The van der Waals surface area contributed by atoms with E-state index in [2.05, 4.69) is 29.8 Å². The van der Waals surface area contributed by atoms with E-state index >= 15 is 0 Å². The predicted molar refractivity (Wildman–Crippen MR) is 105 cm³/mol. The Morgan fingerprint density at radius 1 is 1.23 bits per heavy atom. The number of benzene rings is 2. The van der Waals surface area contributed by atoms with Gasteiger partial charge in [-0.05, 0) is 49.4 Å². The monoisotopic (exact) mass is 346 g/mol. The number of hydrogen-bond donors (Lipinski definition) is 1. The van der Waals surface area contributed by atoms with E-state index in [1.54, 1.807) is 6.20 Å². The number of para-hydroxylation sites is 2. The van der Waals surface area contributed by atoms with Crippen molar-refractivity contribution in [2.75, 3.05) is 5.32 Å². The van der Waals surface area contributed by atoms with Gasteiger partial charge in [-0.2, -0.15) is 0 Å². The fourth-order valence-electron chi connectivity index (χ4n) is 3.96. The van der Waals surface area contributed by atoms with Crippen molar-refractivity contribution in [2.45, 2.75) is 39.7 Å². The molecule has 0 aliphatic carbocycles. The van der Waals surface area contributed by atoms with Crippen LogP contribution >= 0.6 is 0 Å². The van der Waals surface area contributed by atoms with Crippen LogP contribution in [0, 0.1) is 6.92 Å².